The molecule has 0 aliphatic carbocycles. The third-order valence-electron chi connectivity index (χ3n) is 4.10. The van der Waals surface area contributed by atoms with Gasteiger partial charge in [-0.1, -0.05) is 41.9 Å². The number of hydrogen-bond acceptors (Lipinski definition) is 3. The van der Waals surface area contributed by atoms with Crippen LogP contribution in [0.25, 0.3) is 0 Å². The Labute approximate surface area is 130 Å². The molecule has 1 heterocycles. The zero-order valence-corrected chi connectivity index (χ0v) is 12.8. The van der Waals surface area contributed by atoms with Crippen molar-refractivity contribution in [3.63, 3.8) is 0 Å². The number of nitrogens with zero attached hydrogens (tertiary/aromatic N) is 1. The van der Waals surface area contributed by atoms with Gasteiger partial charge in [-0.05, 0) is 23.3 Å². The molecule has 0 aromatic heterocycles. The minimum absolute atomic E-state index is 0.0565. The van der Waals surface area contributed by atoms with Crippen molar-refractivity contribution in [3.05, 3.63) is 64.2 Å². The van der Waals surface area contributed by atoms with Crippen LogP contribution >= 0.6 is 11.6 Å². The zero-order chi connectivity index (χ0) is 14.8. The molecule has 4 heteroatoms. The normalized spacial score (nSPS) is 15.8. The van der Waals surface area contributed by atoms with Crippen molar-refractivity contribution in [2.45, 2.75) is 19.1 Å². The first kappa shape index (κ1) is 14.4. The molecule has 1 unspecified atom stereocenters. The van der Waals surface area contributed by atoms with Gasteiger partial charge < -0.3 is 10.5 Å². The van der Waals surface area contributed by atoms with Crippen molar-refractivity contribution in [2.24, 2.45) is 5.73 Å². The Balaban J connectivity index is 1.94. The number of rotatable bonds is 4. The summed E-state index contributed by atoms with van der Waals surface area (Å²) in [6.07, 6.45) is 0. The molecule has 3 rings (SSSR count). The van der Waals surface area contributed by atoms with E-state index in [0.717, 1.165) is 24.4 Å². The first-order valence-electron chi connectivity index (χ1n) is 7.08. The van der Waals surface area contributed by atoms with Gasteiger partial charge in [-0.15, -0.1) is 0 Å². The number of ether oxygens (including phenoxy) is 1. The summed E-state index contributed by atoms with van der Waals surface area (Å²) in [5.41, 5.74) is 9.77. The predicted octanol–water partition coefficient (Wildman–Crippen LogP) is 3.36. The van der Waals surface area contributed by atoms with E-state index >= 15 is 0 Å². The molecular weight excluding hydrogens is 284 g/mol. The highest BCUT2D eigenvalue weighted by atomic mass is 35.5. The van der Waals surface area contributed by atoms with Crippen molar-refractivity contribution in [2.75, 3.05) is 13.7 Å². The molecule has 0 bridgehead atoms. The van der Waals surface area contributed by atoms with Crippen LogP contribution in [0.5, 0.6) is 5.75 Å². The molecule has 0 radical (unpaired) electrons. The molecule has 0 saturated carbocycles. The first-order valence-corrected chi connectivity index (χ1v) is 7.45. The van der Waals surface area contributed by atoms with E-state index in [1.165, 1.54) is 11.1 Å². The van der Waals surface area contributed by atoms with Crippen LogP contribution in [0.3, 0.4) is 0 Å². The van der Waals surface area contributed by atoms with Crippen molar-refractivity contribution < 1.29 is 4.74 Å². The zero-order valence-electron chi connectivity index (χ0n) is 12.1. The molecule has 110 valence electrons. The molecule has 3 nitrogen and oxygen atoms in total. The molecule has 0 spiro atoms. The summed E-state index contributed by atoms with van der Waals surface area (Å²) in [7, 11) is 1.67. The Bertz CT molecular complexity index is 619. The van der Waals surface area contributed by atoms with Crippen LogP contribution < -0.4 is 10.5 Å². The summed E-state index contributed by atoms with van der Waals surface area (Å²) in [4.78, 5) is 2.36. The summed E-state index contributed by atoms with van der Waals surface area (Å²) >= 11 is 6.41. The largest absolute Gasteiger partial charge is 0.496 e. The van der Waals surface area contributed by atoms with Gasteiger partial charge in [-0.2, -0.15) is 0 Å². The quantitative estimate of drug-likeness (QED) is 0.941. The van der Waals surface area contributed by atoms with Crippen LogP contribution in [-0.2, 0) is 13.1 Å². The standard InChI is InChI=1S/C17H19ClN2O/c1-21-16-8-4-7-14(18)17(16)15(9-19)20-10-12-5-2-3-6-13(12)11-20/h2-8,15H,9-11,19H2,1H3. The van der Waals surface area contributed by atoms with E-state index in [0.29, 0.717) is 11.6 Å². The molecule has 1 aliphatic rings. The van der Waals surface area contributed by atoms with Crippen molar-refractivity contribution in [3.8, 4) is 5.75 Å². The molecule has 0 amide bonds. The smallest absolute Gasteiger partial charge is 0.125 e. The second-order valence-electron chi connectivity index (χ2n) is 5.28. The molecule has 1 atom stereocenters. The van der Waals surface area contributed by atoms with Crippen LogP contribution in [0.2, 0.25) is 5.02 Å². The lowest BCUT2D eigenvalue weighted by molar-refractivity contribution is 0.201. The van der Waals surface area contributed by atoms with Gasteiger partial charge in [0.1, 0.15) is 5.75 Å². The third kappa shape index (κ3) is 2.64. The van der Waals surface area contributed by atoms with Crippen LogP contribution in [0.1, 0.15) is 22.7 Å². The summed E-state index contributed by atoms with van der Waals surface area (Å²) in [6.45, 7) is 2.30. The van der Waals surface area contributed by atoms with Crippen LogP contribution in [0.15, 0.2) is 42.5 Å². The monoisotopic (exact) mass is 302 g/mol. The lowest BCUT2D eigenvalue weighted by Gasteiger charge is -2.28. The minimum atomic E-state index is 0.0565. The molecule has 0 fully saturated rings. The SMILES string of the molecule is COc1cccc(Cl)c1C(CN)N1Cc2ccccc2C1. The van der Waals surface area contributed by atoms with Crippen LogP contribution in [0, 0.1) is 0 Å². The Morgan fingerprint density at radius 2 is 1.81 bits per heavy atom. The highest BCUT2D eigenvalue weighted by Gasteiger charge is 2.29. The second-order valence-corrected chi connectivity index (χ2v) is 5.69. The van der Waals surface area contributed by atoms with Gasteiger partial charge in [0.2, 0.25) is 0 Å². The van der Waals surface area contributed by atoms with Crippen molar-refractivity contribution in [1.29, 1.82) is 0 Å². The lowest BCUT2D eigenvalue weighted by atomic mass is 10.0. The van der Waals surface area contributed by atoms with Gasteiger partial charge in [0.15, 0.2) is 0 Å². The van der Waals surface area contributed by atoms with E-state index in [-0.39, 0.29) is 6.04 Å². The van der Waals surface area contributed by atoms with Gasteiger partial charge in [-0.25, -0.2) is 0 Å². The molecule has 2 N–H and O–H groups in total. The van der Waals surface area contributed by atoms with E-state index in [1.807, 2.05) is 18.2 Å². The maximum atomic E-state index is 6.41. The predicted molar refractivity (Wildman–Crippen MR) is 85.5 cm³/mol. The van der Waals surface area contributed by atoms with E-state index < -0.39 is 0 Å². The summed E-state index contributed by atoms with van der Waals surface area (Å²) in [5.74, 6) is 0.800. The Kier molecular flexibility index (Phi) is 4.15. The number of benzene rings is 2. The van der Waals surface area contributed by atoms with E-state index in [2.05, 4.69) is 29.2 Å². The molecule has 21 heavy (non-hydrogen) atoms. The molecule has 1 aliphatic heterocycles. The minimum Gasteiger partial charge on any atom is -0.496 e. The molecule has 2 aromatic carbocycles. The van der Waals surface area contributed by atoms with Gasteiger partial charge in [0.05, 0.1) is 13.2 Å². The van der Waals surface area contributed by atoms with Crippen molar-refractivity contribution in [1.82, 2.24) is 4.90 Å². The summed E-state index contributed by atoms with van der Waals surface area (Å²) in [5, 5.41) is 0.709. The van der Waals surface area contributed by atoms with Crippen LogP contribution in [0.4, 0.5) is 0 Å². The Morgan fingerprint density at radius 1 is 1.14 bits per heavy atom. The molecular formula is C17H19ClN2O. The first-order chi connectivity index (χ1) is 10.2. The molecule has 2 aromatic rings. The fourth-order valence-electron chi connectivity index (χ4n) is 3.05. The van der Waals surface area contributed by atoms with Gasteiger partial charge in [0, 0.05) is 30.2 Å². The van der Waals surface area contributed by atoms with E-state index in [4.69, 9.17) is 22.1 Å². The highest BCUT2D eigenvalue weighted by molar-refractivity contribution is 6.31. The Morgan fingerprint density at radius 3 is 2.38 bits per heavy atom. The Hall–Kier alpha value is -1.55. The second kappa shape index (κ2) is 6.06. The number of nitrogens with two attached hydrogens (primary N) is 1. The van der Waals surface area contributed by atoms with Crippen LogP contribution in [-0.4, -0.2) is 18.6 Å². The number of halogens is 1. The van der Waals surface area contributed by atoms with Gasteiger partial charge in [0.25, 0.3) is 0 Å². The number of methoxy groups -OCH3 is 1. The van der Waals surface area contributed by atoms with E-state index in [1.54, 1.807) is 7.11 Å². The van der Waals surface area contributed by atoms with Gasteiger partial charge >= 0.3 is 0 Å². The highest BCUT2D eigenvalue weighted by Crippen LogP contribution is 2.38. The topological polar surface area (TPSA) is 38.5 Å². The average Bonchev–Trinajstić information content (AvgIpc) is 2.93. The lowest BCUT2D eigenvalue weighted by Crippen LogP contribution is -2.30. The maximum Gasteiger partial charge on any atom is 0.125 e. The number of fused-ring (bicyclic) bond motifs is 1. The number of hydrogen-bond donors (Lipinski definition) is 1. The third-order valence-corrected chi connectivity index (χ3v) is 4.42. The fourth-order valence-corrected chi connectivity index (χ4v) is 3.34. The maximum absolute atomic E-state index is 6.41. The fraction of sp³-hybridized carbons (Fsp3) is 0.294. The van der Waals surface area contributed by atoms with Crippen molar-refractivity contribution >= 4 is 11.6 Å². The van der Waals surface area contributed by atoms with Gasteiger partial charge in [-0.3, -0.25) is 4.90 Å². The van der Waals surface area contributed by atoms with E-state index in [9.17, 15) is 0 Å². The summed E-state index contributed by atoms with van der Waals surface area (Å²) in [6, 6.07) is 14.3. The molecule has 0 saturated heterocycles. The summed E-state index contributed by atoms with van der Waals surface area (Å²) < 4.78 is 5.48. The average molecular weight is 303 g/mol.